The summed E-state index contributed by atoms with van der Waals surface area (Å²) in [5.41, 5.74) is 1.16. The lowest BCUT2D eigenvalue weighted by Gasteiger charge is -2.19. The van der Waals surface area contributed by atoms with Gasteiger partial charge >= 0.3 is 0 Å². The van der Waals surface area contributed by atoms with Crippen LogP contribution in [0.25, 0.3) is 10.9 Å². The van der Waals surface area contributed by atoms with Gasteiger partial charge in [-0.25, -0.2) is 4.98 Å². The van der Waals surface area contributed by atoms with Gasteiger partial charge in [0.15, 0.2) is 11.5 Å². The zero-order valence-corrected chi connectivity index (χ0v) is 23.9. The maximum atomic E-state index is 13.3. The number of halogens is 3. The monoisotopic (exact) mass is 641 g/mol. The molecule has 1 aromatic heterocycles. The molecule has 0 aliphatic carbocycles. The molecule has 2 aromatic carbocycles. The molecule has 0 bridgehead atoms. The Balaban J connectivity index is 2.15. The summed E-state index contributed by atoms with van der Waals surface area (Å²) in [5.74, 6) is 1.82. The van der Waals surface area contributed by atoms with E-state index in [1.807, 2.05) is 45.9 Å². The number of rotatable bonds is 8. The van der Waals surface area contributed by atoms with Crippen LogP contribution in [-0.2, 0) is 0 Å². The molecule has 0 spiro atoms. The highest BCUT2D eigenvalue weighted by molar-refractivity contribution is 9.13. The normalized spacial score (nSPS) is 12.6. The van der Waals surface area contributed by atoms with E-state index in [-0.39, 0.29) is 17.6 Å². The predicted octanol–water partition coefficient (Wildman–Crippen LogP) is 7.27. The van der Waals surface area contributed by atoms with Gasteiger partial charge in [0.25, 0.3) is 5.56 Å². The Kier molecular flexibility index (Phi) is 8.75. The SMILES string of the molecule is CCOc1cc(C=Nn2c(C(C)C)nc3ccc(Br)cc3c2=O)c(Br)c(Br)c1O[C@H](C)CC. The summed E-state index contributed by atoms with van der Waals surface area (Å²) in [6.45, 7) is 10.5. The molecule has 6 nitrogen and oxygen atoms in total. The first kappa shape index (κ1) is 25.9. The van der Waals surface area contributed by atoms with Crippen molar-refractivity contribution in [1.82, 2.24) is 9.66 Å². The quantitative estimate of drug-likeness (QED) is 0.242. The van der Waals surface area contributed by atoms with Gasteiger partial charge in [0.05, 0.1) is 34.3 Å². The van der Waals surface area contributed by atoms with E-state index in [0.717, 1.165) is 25.4 Å². The van der Waals surface area contributed by atoms with Crippen LogP contribution in [-0.4, -0.2) is 28.6 Å². The number of nitrogens with zero attached hydrogens (tertiary/aromatic N) is 3. The van der Waals surface area contributed by atoms with Gasteiger partial charge in [-0.2, -0.15) is 9.78 Å². The van der Waals surface area contributed by atoms with Gasteiger partial charge in [-0.3, -0.25) is 4.79 Å². The topological polar surface area (TPSA) is 65.7 Å². The van der Waals surface area contributed by atoms with Crippen LogP contribution in [0.15, 0.2) is 47.6 Å². The van der Waals surface area contributed by atoms with E-state index in [2.05, 4.69) is 59.8 Å². The summed E-state index contributed by atoms with van der Waals surface area (Å²) in [7, 11) is 0. The fourth-order valence-electron chi connectivity index (χ4n) is 3.13. The molecule has 0 amide bonds. The van der Waals surface area contributed by atoms with E-state index in [9.17, 15) is 4.79 Å². The lowest BCUT2D eigenvalue weighted by molar-refractivity contribution is 0.201. The molecule has 33 heavy (non-hydrogen) atoms. The second kappa shape index (κ2) is 11.1. The molecule has 1 atom stereocenters. The van der Waals surface area contributed by atoms with E-state index >= 15 is 0 Å². The molecular weight excluding hydrogens is 618 g/mol. The number of benzene rings is 2. The van der Waals surface area contributed by atoms with Crippen LogP contribution >= 0.6 is 47.8 Å². The molecule has 0 saturated carbocycles. The standard InChI is InChI=1S/C24H26Br3N3O3/c1-6-14(5)33-22-19(32-7-2)10-15(20(26)21(22)27)12-28-30-23(13(3)4)29-18-9-8-16(25)11-17(18)24(30)31/h8-14H,6-7H2,1-5H3/t14-/m1/s1. The Hall–Kier alpha value is -1.71. The molecule has 0 radical (unpaired) electrons. The molecule has 0 fully saturated rings. The first-order valence-electron chi connectivity index (χ1n) is 10.8. The molecule has 176 valence electrons. The Labute approximate surface area is 218 Å². The van der Waals surface area contributed by atoms with E-state index in [0.29, 0.717) is 34.8 Å². The van der Waals surface area contributed by atoms with Crippen LogP contribution in [0.5, 0.6) is 11.5 Å². The van der Waals surface area contributed by atoms with E-state index in [1.54, 1.807) is 12.3 Å². The van der Waals surface area contributed by atoms with Gasteiger partial charge in [-0.15, -0.1) is 0 Å². The molecule has 0 N–H and O–H groups in total. The summed E-state index contributed by atoms with van der Waals surface area (Å²) < 4.78 is 15.6. The third-order valence-corrected chi connectivity index (χ3v) is 7.65. The highest BCUT2D eigenvalue weighted by atomic mass is 79.9. The number of hydrogen-bond donors (Lipinski definition) is 0. The predicted molar refractivity (Wildman–Crippen MR) is 144 cm³/mol. The Morgan fingerprint density at radius 1 is 1.12 bits per heavy atom. The highest BCUT2D eigenvalue weighted by Crippen LogP contribution is 2.43. The largest absolute Gasteiger partial charge is 0.490 e. The number of aromatic nitrogens is 2. The van der Waals surface area contributed by atoms with Gasteiger partial charge in [-0.1, -0.05) is 36.7 Å². The van der Waals surface area contributed by atoms with Gasteiger partial charge < -0.3 is 9.47 Å². The van der Waals surface area contributed by atoms with Crippen molar-refractivity contribution in [3.8, 4) is 11.5 Å². The minimum atomic E-state index is -0.224. The zero-order valence-electron chi connectivity index (χ0n) is 19.2. The summed E-state index contributed by atoms with van der Waals surface area (Å²) in [5, 5.41) is 5.04. The Bertz CT molecular complexity index is 1260. The molecule has 0 aliphatic heterocycles. The maximum Gasteiger partial charge on any atom is 0.282 e. The first-order valence-corrected chi connectivity index (χ1v) is 13.1. The second-order valence-corrected chi connectivity index (χ2v) is 10.3. The molecule has 3 rings (SSSR count). The van der Waals surface area contributed by atoms with E-state index < -0.39 is 0 Å². The van der Waals surface area contributed by atoms with Crippen molar-refractivity contribution < 1.29 is 9.47 Å². The van der Waals surface area contributed by atoms with Gasteiger partial charge in [0.1, 0.15) is 5.82 Å². The molecular formula is C24H26Br3N3O3. The van der Waals surface area contributed by atoms with Crippen molar-refractivity contribution in [2.75, 3.05) is 6.61 Å². The Morgan fingerprint density at radius 3 is 2.48 bits per heavy atom. The minimum absolute atomic E-state index is 0.00312. The van der Waals surface area contributed by atoms with Crippen molar-refractivity contribution in [1.29, 1.82) is 0 Å². The lowest BCUT2D eigenvalue weighted by atomic mass is 10.2. The smallest absolute Gasteiger partial charge is 0.282 e. The van der Waals surface area contributed by atoms with Crippen molar-refractivity contribution in [3.63, 3.8) is 0 Å². The molecule has 9 heteroatoms. The lowest BCUT2D eigenvalue weighted by Crippen LogP contribution is -2.23. The minimum Gasteiger partial charge on any atom is -0.490 e. The van der Waals surface area contributed by atoms with Crippen LogP contribution in [0.3, 0.4) is 0 Å². The van der Waals surface area contributed by atoms with Gasteiger partial charge in [-0.05, 0) is 76.4 Å². The number of ether oxygens (including phenoxy) is 2. The van der Waals surface area contributed by atoms with Gasteiger partial charge in [0, 0.05) is 20.4 Å². The average molecular weight is 644 g/mol. The third kappa shape index (κ3) is 5.69. The molecule has 1 heterocycles. The molecule has 0 unspecified atom stereocenters. The number of fused-ring (bicyclic) bond motifs is 1. The van der Waals surface area contributed by atoms with Crippen molar-refractivity contribution >= 4 is 64.9 Å². The van der Waals surface area contributed by atoms with E-state index in [4.69, 9.17) is 14.5 Å². The van der Waals surface area contributed by atoms with Crippen molar-refractivity contribution in [3.05, 3.63) is 59.4 Å². The molecule has 0 aliphatic rings. The van der Waals surface area contributed by atoms with Crippen molar-refractivity contribution in [2.45, 2.75) is 53.1 Å². The maximum absolute atomic E-state index is 13.3. The summed E-state index contributed by atoms with van der Waals surface area (Å²) >= 11 is 10.7. The van der Waals surface area contributed by atoms with E-state index in [1.165, 1.54) is 4.68 Å². The fraction of sp³-hybridized carbons (Fsp3) is 0.375. The average Bonchev–Trinajstić information content (AvgIpc) is 2.78. The number of hydrogen-bond acceptors (Lipinski definition) is 5. The van der Waals surface area contributed by atoms with Crippen LogP contribution < -0.4 is 15.0 Å². The second-order valence-electron chi connectivity index (χ2n) is 7.84. The summed E-state index contributed by atoms with van der Waals surface area (Å²) in [6.07, 6.45) is 2.52. The zero-order chi connectivity index (χ0) is 24.3. The van der Waals surface area contributed by atoms with Crippen LogP contribution in [0.4, 0.5) is 0 Å². The van der Waals surface area contributed by atoms with Crippen LogP contribution in [0.2, 0.25) is 0 Å². The first-order chi connectivity index (χ1) is 15.7. The van der Waals surface area contributed by atoms with Crippen LogP contribution in [0, 0.1) is 0 Å². The third-order valence-electron chi connectivity index (χ3n) is 5.01. The molecule has 0 saturated heterocycles. The Morgan fingerprint density at radius 2 is 1.85 bits per heavy atom. The van der Waals surface area contributed by atoms with Crippen LogP contribution in [0.1, 0.15) is 58.3 Å². The fourth-order valence-corrected chi connectivity index (χ4v) is 4.40. The molecule has 3 aromatic rings. The van der Waals surface area contributed by atoms with Crippen molar-refractivity contribution in [2.24, 2.45) is 5.10 Å². The van der Waals surface area contributed by atoms with Gasteiger partial charge in [0.2, 0.25) is 0 Å². The summed E-state index contributed by atoms with van der Waals surface area (Å²) in [6, 6.07) is 7.32. The highest BCUT2D eigenvalue weighted by Gasteiger charge is 2.19. The summed E-state index contributed by atoms with van der Waals surface area (Å²) in [4.78, 5) is 18.0.